The van der Waals surface area contributed by atoms with Crippen molar-refractivity contribution in [3.05, 3.63) is 0 Å². The summed E-state index contributed by atoms with van der Waals surface area (Å²) in [5.74, 6) is 0. The Balaban J connectivity index is 0. The van der Waals surface area contributed by atoms with E-state index in [1.807, 2.05) is 0 Å². The third-order valence-electron chi connectivity index (χ3n) is 0. The molecule has 0 radical (unpaired) electrons. The van der Waals surface area contributed by atoms with E-state index in [1.165, 1.54) is 0 Å². The monoisotopic (exact) mass is 1660 g/mol. The molecule has 128 valence electrons. The van der Waals surface area contributed by atoms with Gasteiger partial charge in [-0.25, -0.2) is 0 Å². The molecule has 0 aromatic carbocycles. The molecule has 0 aliphatic carbocycles. The maximum absolute atomic E-state index is 0. The fourth-order valence-corrected chi connectivity index (χ4v) is 0. The molecule has 26 heavy (non-hydrogen) atoms. The molecule has 0 N–H and O–H groups in total. The van der Waals surface area contributed by atoms with E-state index in [9.17, 15) is 0 Å². The maximum Gasteiger partial charge on any atom is 1.00 e. The first-order valence-electron chi connectivity index (χ1n) is 0. The van der Waals surface area contributed by atoms with Crippen molar-refractivity contribution in [3.8, 4) is 0 Å². The van der Waals surface area contributed by atoms with Crippen molar-refractivity contribution in [3.63, 3.8) is 0 Å². The first-order chi connectivity index (χ1) is 0. The van der Waals surface area contributed by atoms with Crippen molar-refractivity contribution in [2.24, 2.45) is 0 Å². The quantitative estimate of drug-likeness (QED) is 0.212. The smallest absolute Gasteiger partial charge is 1.00 e. The SMILES string of the molecule is Br.Br.Br.Br.Br.Br.[Br-].[Br-].[Br-].[Br-].[Br-].[Br-].[Br-].[Br-].[Br-].[Br-].[K+].[K+].[K+].[K+].[K+].[K+].[K+].[K+].[K+].[K+]. The summed E-state index contributed by atoms with van der Waals surface area (Å²) in [5, 5.41) is 0. The van der Waals surface area contributed by atoms with Gasteiger partial charge >= 0.3 is 514 Å². The van der Waals surface area contributed by atoms with Gasteiger partial charge in [0.15, 0.2) is 0 Å². The molecule has 0 spiro atoms. The van der Waals surface area contributed by atoms with Crippen LogP contribution in [0.1, 0.15) is 0 Å². The van der Waals surface area contributed by atoms with Gasteiger partial charge in [-0.2, -0.15) is 0 Å². The third kappa shape index (κ3) is 184. The van der Waals surface area contributed by atoms with Gasteiger partial charge < -0.3 is 170 Å². The molecular weight excluding hydrogens is 1670 g/mol. The fraction of sp³-hybridized carbons (Fsp3) is 0. The Hall–Kier alpha value is 24.0. The van der Waals surface area contributed by atoms with Gasteiger partial charge in [-0.1, -0.05) is 0 Å². The van der Waals surface area contributed by atoms with E-state index in [4.69, 9.17) is 0 Å². The molecule has 0 aromatic heterocycles. The van der Waals surface area contributed by atoms with E-state index >= 15 is 0 Å². The van der Waals surface area contributed by atoms with Crippen LogP contribution in [0.2, 0.25) is 0 Å². The van der Waals surface area contributed by atoms with Crippen LogP contribution in [0.15, 0.2) is 0 Å². The Morgan fingerprint density at radius 1 is 0.115 bits per heavy atom. The number of halogens is 16. The number of rotatable bonds is 0. The second kappa shape index (κ2) is 196. The van der Waals surface area contributed by atoms with Gasteiger partial charge in [0.1, 0.15) is 0 Å². The van der Waals surface area contributed by atoms with Crippen molar-refractivity contribution < 1.29 is 684 Å². The summed E-state index contributed by atoms with van der Waals surface area (Å²) in [4.78, 5) is 0. The minimum absolute atomic E-state index is 0. The second-order valence-electron chi connectivity index (χ2n) is 0. The van der Waals surface area contributed by atoms with E-state index in [-0.39, 0.29) is 786 Å². The largest absolute Gasteiger partial charge is 1.00 e. The van der Waals surface area contributed by atoms with Gasteiger partial charge in [0.2, 0.25) is 0 Å². The Labute approximate surface area is 755 Å². The van der Waals surface area contributed by atoms with E-state index < -0.39 is 0 Å². The van der Waals surface area contributed by atoms with Crippen LogP contribution in [0.4, 0.5) is 0 Å². The zero-order chi connectivity index (χ0) is 0. The summed E-state index contributed by atoms with van der Waals surface area (Å²) in [5.41, 5.74) is 0. The van der Waals surface area contributed by atoms with Crippen LogP contribution in [0.3, 0.4) is 0 Å². The molecule has 0 aromatic rings. The van der Waals surface area contributed by atoms with Crippen molar-refractivity contribution in [1.29, 1.82) is 0 Å². The Morgan fingerprint density at radius 2 is 0.115 bits per heavy atom. The Kier molecular flexibility index (Phi) is 1570. The first kappa shape index (κ1) is 208. The predicted molar refractivity (Wildman–Crippen MR) is 61.9 cm³/mol. The number of hydrogen-bond acceptors (Lipinski definition) is 0. The summed E-state index contributed by atoms with van der Waals surface area (Å²) >= 11 is 0. The molecule has 0 heterocycles. The summed E-state index contributed by atoms with van der Waals surface area (Å²) in [7, 11) is 0. The molecule has 0 bridgehead atoms. The van der Waals surface area contributed by atoms with Crippen LogP contribution in [0.25, 0.3) is 0 Å². The van der Waals surface area contributed by atoms with Gasteiger partial charge in [0.25, 0.3) is 0 Å². The van der Waals surface area contributed by atoms with Gasteiger partial charge in [-0.15, -0.1) is 102 Å². The summed E-state index contributed by atoms with van der Waals surface area (Å²) < 4.78 is 0. The van der Waals surface area contributed by atoms with Crippen LogP contribution >= 0.6 is 102 Å². The minimum Gasteiger partial charge on any atom is -1.00 e. The van der Waals surface area contributed by atoms with Crippen molar-refractivity contribution >= 4 is 102 Å². The average molecular weight is 1680 g/mol. The minimum atomic E-state index is 0. The molecule has 26 heteroatoms. The van der Waals surface area contributed by atoms with E-state index in [1.54, 1.807) is 0 Å². The molecule has 0 rings (SSSR count). The van der Waals surface area contributed by atoms with Gasteiger partial charge in [0.05, 0.1) is 0 Å². The standard InChI is InChI=1S/16BrH.10K/h16*1H;;;;;;;;;;/q;;;;;;;;;;;;;;;;10*+1/p-10. The fourth-order valence-electron chi connectivity index (χ4n) is 0. The van der Waals surface area contributed by atoms with Crippen molar-refractivity contribution in [2.75, 3.05) is 0 Å². The van der Waals surface area contributed by atoms with E-state index in [2.05, 4.69) is 0 Å². The molecule has 0 unspecified atom stereocenters. The molecule has 0 aliphatic rings. The van der Waals surface area contributed by atoms with Crippen molar-refractivity contribution in [2.45, 2.75) is 0 Å². The van der Waals surface area contributed by atoms with Crippen molar-refractivity contribution in [1.82, 2.24) is 0 Å². The molecule has 0 saturated carbocycles. The zero-order valence-corrected chi connectivity index (χ0v) is 73.6. The molecule has 0 amide bonds. The van der Waals surface area contributed by atoms with Crippen LogP contribution in [0, 0.1) is 0 Å². The summed E-state index contributed by atoms with van der Waals surface area (Å²) in [6.45, 7) is 0. The van der Waals surface area contributed by atoms with Crippen LogP contribution < -0.4 is 684 Å². The van der Waals surface area contributed by atoms with Gasteiger partial charge in [-0.05, 0) is 0 Å². The summed E-state index contributed by atoms with van der Waals surface area (Å²) in [6, 6.07) is 0. The maximum atomic E-state index is 0. The molecule has 0 aliphatic heterocycles. The van der Waals surface area contributed by atoms with Crippen LogP contribution in [-0.4, -0.2) is 0 Å². The Morgan fingerprint density at radius 3 is 0.115 bits per heavy atom. The first-order valence-corrected chi connectivity index (χ1v) is 0. The zero-order valence-electron chi connectivity index (χ0n) is 16.2. The van der Waals surface area contributed by atoms with Gasteiger partial charge in [0, 0.05) is 0 Å². The van der Waals surface area contributed by atoms with E-state index in [0.717, 1.165) is 0 Å². The Bertz CT molecular complexity index is 25.0. The van der Waals surface area contributed by atoms with E-state index in [0.29, 0.717) is 0 Å². The second-order valence-corrected chi connectivity index (χ2v) is 0. The molecule has 0 atom stereocenters. The molecule has 0 saturated heterocycles. The van der Waals surface area contributed by atoms with Gasteiger partial charge in [-0.3, -0.25) is 0 Å². The van der Waals surface area contributed by atoms with Crippen LogP contribution in [0.5, 0.6) is 0 Å². The molecular formula is H6Br16K10. The number of hydrogen-bond donors (Lipinski definition) is 0. The predicted octanol–water partition coefficient (Wildman–Crippen LogP) is -56.5. The average Bonchev–Trinajstić information content (AvgIpc) is 0. The normalized spacial score (nSPS) is 0. The van der Waals surface area contributed by atoms with Crippen LogP contribution in [-0.2, 0) is 0 Å². The molecule has 0 fully saturated rings. The third-order valence-corrected chi connectivity index (χ3v) is 0. The summed E-state index contributed by atoms with van der Waals surface area (Å²) in [6.07, 6.45) is 0. The molecule has 0 nitrogen and oxygen atoms in total. The topological polar surface area (TPSA) is 0 Å².